The Hall–Kier alpha value is -6.20. The van der Waals surface area contributed by atoms with E-state index < -0.39 is 0 Å². The third kappa shape index (κ3) is 4.17. The number of hydrogen-bond donors (Lipinski definition) is 0. The molecule has 0 radical (unpaired) electrons. The molecule has 0 aliphatic heterocycles. The largest absolute Gasteiger partial charge is 0.290 e. The molecule has 0 fully saturated rings. The van der Waals surface area contributed by atoms with Gasteiger partial charge in [-0.3, -0.25) is 4.57 Å². The minimum absolute atomic E-state index is 0.516. The Labute approximate surface area is 259 Å². The van der Waals surface area contributed by atoms with E-state index in [4.69, 9.17) is 19.9 Å². The van der Waals surface area contributed by atoms with Crippen molar-refractivity contribution in [2.45, 2.75) is 0 Å². The highest BCUT2D eigenvalue weighted by molar-refractivity contribution is 6.25. The van der Waals surface area contributed by atoms with Crippen LogP contribution < -0.4 is 0 Å². The molecule has 0 amide bonds. The van der Waals surface area contributed by atoms with Crippen molar-refractivity contribution in [3.8, 4) is 40.1 Å². The lowest BCUT2D eigenvalue weighted by molar-refractivity contribution is 1.01. The Bertz CT molecular complexity index is 2500. The lowest BCUT2D eigenvalue weighted by atomic mass is 9.93. The van der Waals surface area contributed by atoms with Gasteiger partial charge in [0.05, 0.1) is 11.0 Å². The minimum Gasteiger partial charge on any atom is -0.290 e. The Morgan fingerprint density at radius 3 is 1.56 bits per heavy atom. The fourth-order valence-corrected chi connectivity index (χ4v) is 6.38. The molecule has 0 bridgehead atoms. The molecule has 0 aliphatic rings. The van der Waals surface area contributed by atoms with Crippen LogP contribution in [0.25, 0.3) is 83.5 Å². The maximum Gasteiger partial charge on any atom is 0.200 e. The molecule has 9 aromatic rings. The normalized spacial score (nSPS) is 11.6. The fourth-order valence-electron chi connectivity index (χ4n) is 6.38. The van der Waals surface area contributed by atoms with Gasteiger partial charge < -0.3 is 0 Å². The SMILES string of the molecule is c1ccc(-c2nc(-c3ccc4c5ccccc5c5ccccc5c4c3)nc(-c3nc4ccccc4n3-c3ccccc3)n2)cc1. The molecule has 0 saturated carbocycles. The smallest absolute Gasteiger partial charge is 0.200 e. The third-order valence-electron chi connectivity index (χ3n) is 8.44. The maximum absolute atomic E-state index is 5.12. The summed E-state index contributed by atoms with van der Waals surface area (Å²) in [6.07, 6.45) is 0. The van der Waals surface area contributed by atoms with E-state index in [0.29, 0.717) is 23.3 Å². The molecular formula is C40H25N5. The highest BCUT2D eigenvalue weighted by atomic mass is 15.1. The van der Waals surface area contributed by atoms with Gasteiger partial charge in [0.2, 0.25) is 0 Å². The monoisotopic (exact) mass is 575 g/mol. The van der Waals surface area contributed by atoms with Gasteiger partial charge in [0.25, 0.3) is 0 Å². The van der Waals surface area contributed by atoms with Crippen LogP contribution in [-0.2, 0) is 0 Å². The molecule has 2 aromatic heterocycles. The summed E-state index contributed by atoms with van der Waals surface area (Å²) >= 11 is 0. The number of imidazole rings is 1. The van der Waals surface area contributed by atoms with Crippen LogP contribution in [0.4, 0.5) is 0 Å². The van der Waals surface area contributed by atoms with Crippen molar-refractivity contribution in [1.82, 2.24) is 24.5 Å². The molecule has 9 rings (SSSR count). The highest BCUT2D eigenvalue weighted by Crippen LogP contribution is 2.37. The summed E-state index contributed by atoms with van der Waals surface area (Å²) in [7, 11) is 0. The van der Waals surface area contributed by atoms with Crippen molar-refractivity contribution in [2.75, 3.05) is 0 Å². The van der Waals surface area contributed by atoms with Crippen molar-refractivity contribution in [3.05, 3.63) is 152 Å². The van der Waals surface area contributed by atoms with E-state index in [-0.39, 0.29) is 0 Å². The molecule has 2 heterocycles. The van der Waals surface area contributed by atoms with Gasteiger partial charge in [-0.2, -0.15) is 0 Å². The van der Waals surface area contributed by atoms with E-state index in [1.165, 1.54) is 32.3 Å². The van der Waals surface area contributed by atoms with Gasteiger partial charge in [-0.05, 0) is 62.6 Å². The van der Waals surface area contributed by atoms with Crippen molar-refractivity contribution < 1.29 is 0 Å². The van der Waals surface area contributed by atoms with Gasteiger partial charge in [-0.25, -0.2) is 19.9 Å². The zero-order valence-corrected chi connectivity index (χ0v) is 24.2. The first-order chi connectivity index (χ1) is 22.3. The zero-order chi connectivity index (χ0) is 29.7. The van der Waals surface area contributed by atoms with Crippen molar-refractivity contribution in [2.24, 2.45) is 0 Å². The standard InChI is InChI=1S/C40H25N5/c1-3-13-26(14-4-1)37-42-38(27-23-24-33-31-19-8-7-17-29(31)30-18-9-10-20-32(30)34(33)25-27)44-39(43-37)40-41-35-21-11-12-22-36(35)45(40)28-15-5-2-6-16-28/h1-25H. The first kappa shape index (κ1) is 25.3. The average molecular weight is 576 g/mol. The zero-order valence-electron chi connectivity index (χ0n) is 24.2. The van der Waals surface area contributed by atoms with Crippen molar-refractivity contribution in [3.63, 3.8) is 0 Å². The van der Waals surface area contributed by atoms with Gasteiger partial charge >= 0.3 is 0 Å². The van der Waals surface area contributed by atoms with E-state index in [2.05, 4.69) is 89.5 Å². The number of aromatic nitrogens is 5. The van der Waals surface area contributed by atoms with E-state index in [1.807, 2.05) is 66.7 Å². The van der Waals surface area contributed by atoms with Gasteiger partial charge in [0.1, 0.15) is 0 Å². The summed E-state index contributed by atoms with van der Waals surface area (Å²) in [5, 5.41) is 7.29. The number of rotatable bonds is 4. The first-order valence-corrected chi connectivity index (χ1v) is 15.0. The van der Waals surface area contributed by atoms with Crippen LogP contribution >= 0.6 is 0 Å². The average Bonchev–Trinajstić information content (AvgIpc) is 3.52. The van der Waals surface area contributed by atoms with Crippen molar-refractivity contribution in [1.29, 1.82) is 0 Å². The summed E-state index contributed by atoms with van der Waals surface area (Å²) in [6, 6.07) is 52.2. The van der Waals surface area contributed by atoms with Crippen LogP contribution in [0.15, 0.2) is 152 Å². The molecule has 0 spiro atoms. The summed E-state index contributed by atoms with van der Waals surface area (Å²) < 4.78 is 2.13. The second-order valence-electron chi connectivity index (χ2n) is 11.1. The number of nitrogens with zero attached hydrogens (tertiary/aromatic N) is 5. The van der Waals surface area contributed by atoms with Crippen molar-refractivity contribution >= 4 is 43.4 Å². The van der Waals surface area contributed by atoms with Gasteiger partial charge in [0, 0.05) is 16.8 Å². The molecule has 0 saturated heterocycles. The lowest BCUT2D eigenvalue weighted by Gasteiger charge is -2.13. The molecule has 0 aliphatic carbocycles. The summed E-state index contributed by atoms with van der Waals surface area (Å²) in [4.78, 5) is 20.3. The molecular weight excluding hydrogens is 550 g/mol. The van der Waals surface area contributed by atoms with E-state index >= 15 is 0 Å². The van der Waals surface area contributed by atoms with E-state index in [0.717, 1.165) is 27.8 Å². The van der Waals surface area contributed by atoms with Gasteiger partial charge in [-0.1, -0.05) is 121 Å². The minimum atomic E-state index is 0.516. The van der Waals surface area contributed by atoms with Crippen LogP contribution in [0, 0.1) is 0 Å². The quantitative estimate of drug-likeness (QED) is 0.196. The Balaban J connectivity index is 1.33. The first-order valence-electron chi connectivity index (χ1n) is 15.0. The van der Waals surface area contributed by atoms with Crippen LogP contribution in [-0.4, -0.2) is 24.5 Å². The molecule has 7 aromatic carbocycles. The second-order valence-corrected chi connectivity index (χ2v) is 11.1. The summed E-state index contributed by atoms with van der Waals surface area (Å²) in [6.45, 7) is 0. The predicted molar refractivity (Wildman–Crippen MR) is 183 cm³/mol. The molecule has 0 unspecified atom stereocenters. The van der Waals surface area contributed by atoms with Gasteiger partial charge in [-0.15, -0.1) is 0 Å². The van der Waals surface area contributed by atoms with E-state index in [1.54, 1.807) is 0 Å². The summed E-state index contributed by atoms with van der Waals surface area (Å²) in [5.74, 6) is 2.39. The number of benzene rings is 7. The highest BCUT2D eigenvalue weighted by Gasteiger charge is 2.20. The Morgan fingerprint density at radius 2 is 0.867 bits per heavy atom. The molecule has 0 N–H and O–H groups in total. The molecule has 5 heteroatoms. The molecule has 210 valence electrons. The maximum atomic E-state index is 5.12. The molecule has 5 nitrogen and oxygen atoms in total. The van der Waals surface area contributed by atoms with E-state index in [9.17, 15) is 0 Å². The van der Waals surface area contributed by atoms with Gasteiger partial charge in [0.15, 0.2) is 23.3 Å². The predicted octanol–water partition coefficient (Wildman–Crippen LogP) is 9.67. The summed E-state index contributed by atoms with van der Waals surface area (Å²) in [5.41, 5.74) is 4.70. The van der Waals surface area contributed by atoms with Crippen LogP contribution in [0.3, 0.4) is 0 Å². The number of fused-ring (bicyclic) bond motifs is 7. The lowest BCUT2D eigenvalue weighted by Crippen LogP contribution is -2.05. The Kier molecular flexibility index (Phi) is 5.74. The molecule has 45 heavy (non-hydrogen) atoms. The third-order valence-corrected chi connectivity index (χ3v) is 8.44. The van der Waals surface area contributed by atoms with Crippen LogP contribution in [0.2, 0.25) is 0 Å². The second kappa shape index (κ2) is 10.2. The molecule has 0 atom stereocenters. The fraction of sp³-hybridized carbons (Fsp3) is 0. The number of hydrogen-bond acceptors (Lipinski definition) is 4. The topological polar surface area (TPSA) is 56.5 Å². The Morgan fingerprint density at radius 1 is 0.356 bits per heavy atom. The van der Waals surface area contributed by atoms with Crippen LogP contribution in [0.5, 0.6) is 0 Å². The van der Waals surface area contributed by atoms with Crippen LogP contribution in [0.1, 0.15) is 0 Å². The number of para-hydroxylation sites is 3.